The van der Waals surface area contributed by atoms with Gasteiger partial charge in [-0.15, -0.1) is 0 Å². The van der Waals surface area contributed by atoms with Gasteiger partial charge in [-0.25, -0.2) is 9.97 Å². The summed E-state index contributed by atoms with van der Waals surface area (Å²) in [5.74, 6) is 0. The minimum absolute atomic E-state index is 0.864. The van der Waals surface area contributed by atoms with Crippen LogP contribution in [0.5, 0.6) is 0 Å². The highest BCUT2D eigenvalue weighted by Crippen LogP contribution is 2.13. The first-order valence-electron chi connectivity index (χ1n) is 8.42. The van der Waals surface area contributed by atoms with Crippen molar-refractivity contribution in [3.63, 3.8) is 0 Å². The Kier molecular flexibility index (Phi) is 4.42. The quantitative estimate of drug-likeness (QED) is 0.540. The Morgan fingerprint density at radius 1 is 0.560 bits per heavy atom. The van der Waals surface area contributed by atoms with Crippen LogP contribution < -0.4 is 0 Å². The molecule has 4 heteroatoms. The molecule has 0 atom stereocenters. The maximum absolute atomic E-state index is 4.08. The van der Waals surface area contributed by atoms with Crippen LogP contribution in [0.2, 0.25) is 0 Å². The third-order valence-corrected chi connectivity index (χ3v) is 4.30. The largest absolute Gasteiger partial charge is 0.333 e. The van der Waals surface area contributed by atoms with Crippen molar-refractivity contribution in [2.24, 2.45) is 0 Å². The van der Waals surface area contributed by atoms with Crippen LogP contribution in [0.4, 0.5) is 0 Å². The van der Waals surface area contributed by atoms with E-state index in [9.17, 15) is 0 Å². The molecule has 2 aromatic carbocycles. The van der Waals surface area contributed by atoms with E-state index in [0.29, 0.717) is 0 Å². The Hall–Kier alpha value is -3.14. The van der Waals surface area contributed by atoms with Crippen molar-refractivity contribution in [3.05, 3.63) is 108 Å². The van der Waals surface area contributed by atoms with E-state index in [-0.39, 0.29) is 0 Å². The zero-order valence-electron chi connectivity index (χ0n) is 14.0. The van der Waals surface area contributed by atoms with Gasteiger partial charge in [0.1, 0.15) is 0 Å². The number of imidazole rings is 2. The van der Waals surface area contributed by atoms with Crippen molar-refractivity contribution >= 4 is 0 Å². The van der Waals surface area contributed by atoms with Gasteiger partial charge < -0.3 is 9.13 Å². The highest BCUT2D eigenvalue weighted by molar-refractivity contribution is 5.30. The van der Waals surface area contributed by atoms with E-state index in [1.807, 2.05) is 37.4 Å². The summed E-state index contributed by atoms with van der Waals surface area (Å²) in [5.41, 5.74) is 5.24. The van der Waals surface area contributed by atoms with E-state index < -0.39 is 0 Å². The zero-order valence-corrected chi connectivity index (χ0v) is 14.0. The predicted molar refractivity (Wildman–Crippen MR) is 98.3 cm³/mol. The number of nitrogens with zero attached hydrogens (tertiary/aromatic N) is 4. The van der Waals surface area contributed by atoms with Gasteiger partial charge in [0.05, 0.1) is 12.7 Å². The molecular formula is C21H20N4. The van der Waals surface area contributed by atoms with Gasteiger partial charge in [0.25, 0.3) is 0 Å². The van der Waals surface area contributed by atoms with Crippen LogP contribution >= 0.6 is 0 Å². The van der Waals surface area contributed by atoms with Crippen molar-refractivity contribution in [1.82, 2.24) is 19.1 Å². The van der Waals surface area contributed by atoms with Crippen LogP contribution in [0.1, 0.15) is 22.3 Å². The minimum atomic E-state index is 0.864. The first-order chi connectivity index (χ1) is 12.3. The van der Waals surface area contributed by atoms with E-state index in [4.69, 9.17) is 0 Å². The fraction of sp³-hybridized carbons (Fsp3) is 0.143. The number of hydrogen-bond acceptors (Lipinski definition) is 2. The van der Waals surface area contributed by atoms with Gasteiger partial charge in [-0.1, -0.05) is 48.5 Å². The van der Waals surface area contributed by atoms with Crippen LogP contribution in [0.15, 0.2) is 86.0 Å². The van der Waals surface area contributed by atoms with Crippen molar-refractivity contribution in [1.29, 1.82) is 0 Å². The monoisotopic (exact) mass is 328 g/mol. The molecule has 2 aromatic heterocycles. The Bertz CT molecular complexity index is 812. The highest BCUT2D eigenvalue weighted by Gasteiger charge is 2.00. The smallest absolute Gasteiger partial charge is 0.0949 e. The lowest BCUT2D eigenvalue weighted by Gasteiger charge is -2.07. The molecule has 0 N–H and O–H groups in total. The molecule has 4 aromatic rings. The molecule has 0 fully saturated rings. The number of rotatable bonds is 6. The van der Waals surface area contributed by atoms with E-state index in [2.05, 4.69) is 67.6 Å². The standard InChI is InChI=1S/C21H20N4/c1-5-20(14-24-11-9-22-16-24)6-2-18(1)13-19-3-7-21(8-4-19)15-25-12-10-23-17-25/h1-12,16-17H,13-15H2. The van der Waals surface area contributed by atoms with Gasteiger partial charge in [0, 0.05) is 37.9 Å². The molecule has 0 amide bonds. The SMILES string of the molecule is c1cn(Cc2ccc(Cc3ccc(Cn4ccnc4)cc3)cc2)cn1. The molecule has 4 rings (SSSR count). The summed E-state index contributed by atoms with van der Waals surface area (Å²) >= 11 is 0. The lowest BCUT2D eigenvalue weighted by atomic mass is 10.0. The Labute approximate surface area is 147 Å². The summed E-state index contributed by atoms with van der Waals surface area (Å²) in [7, 11) is 0. The summed E-state index contributed by atoms with van der Waals surface area (Å²) in [5, 5.41) is 0. The van der Waals surface area contributed by atoms with Crippen molar-refractivity contribution in [3.8, 4) is 0 Å². The average molecular weight is 328 g/mol. The van der Waals surface area contributed by atoms with Crippen LogP contribution in [-0.4, -0.2) is 19.1 Å². The third-order valence-electron chi connectivity index (χ3n) is 4.30. The lowest BCUT2D eigenvalue weighted by Crippen LogP contribution is -1.98. The van der Waals surface area contributed by atoms with Gasteiger partial charge in [0.15, 0.2) is 0 Å². The van der Waals surface area contributed by atoms with Crippen LogP contribution in [0, 0.1) is 0 Å². The predicted octanol–water partition coefficient (Wildman–Crippen LogP) is 3.77. The fourth-order valence-corrected chi connectivity index (χ4v) is 2.94. The molecule has 0 aliphatic heterocycles. The van der Waals surface area contributed by atoms with E-state index in [0.717, 1.165) is 19.5 Å². The number of aromatic nitrogens is 4. The summed E-state index contributed by atoms with van der Waals surface area (Å²) in [6.45, 7) is 1.73. The summed E-state index contributed by atoms with van der Waals surface area (Å²) in [6, 6.07) is 17.6. The second kappa shape index (κ2) is 7.18. The molecule has 0 unspecified atom stereocenters. The molecule has 0 radical (unpaired) electrons. The molecule has 0 saturated heterocycles. The normalized spacial score (nSPS) is 10.9. The molecule has 0 saturated carbocycles. The van der Waals surface area contributed by atoms with Crippen LogP contribution in [-0.2, 0) is 19.5 Å². The van der Waals surface area contributed by atoms with Gasteiger partial charge in [0.2, 0.25) is 0 Å². The Morgan fingerprint density at radius 2 is 0.960 bits per heavy atom. The summed E-state index contributed by atoms with van der Waals surface area (Å²) in [6.07, 6.45) is 12.2. The topological polar surface area (TPSA) is 35.6 Å². The second-order valence-corrected chi connectivity index (χ2v) is 6.28. The molecule has 0 aliphatic carbocycles. The Morgan fingerprint density at radius 3 is 1.32 bits per heavy atom. The average Bonchev–Trinajstić information content (AvgIpc) is 3.33. The first-order valence-corrected chi connectivity index (χ1v) is 8.42. The minimum Gasteiger partial charge on any atom is -0.333 e. The van der Waals surface area contributed by atoms with Gasteiger partial charge in [-0.3, -0.25) is 0 Å². The van der Waals surface area contributed by atoms with Crippen LogP contribution in [0.25, 0.3) is 0 Å². The molecule has 2 heterocycles. The molecule has 0 aliphatic rings. The van der Waals surface area contributed by atoms with E-state index in [1.165, 1.54) is 22.3 Å². The van der Waals surface area contributed by atoms with Gasteiger partial charge in [-0.2, -0.15) is 0 Å². The van der Waals surface area contributed by atoms with E-state index >= 15 is 0 Å². The maximum Gasteiger partial charge on any atom is 0.0949 e. The van der Waals surface area contributed by atoms with Gasteiger partial charge >= 0.3 is 0 Å². The Balaban J connectivity index is 1.38. The number of benzene rings is 2. The second-order valence-electron chi connectivity index (χ2n) is 6.28. The highest BCUT2D eigenvalue weighted by atomic mass is 15.0. The molecule has 0 spiro atoms. The molecule has 0 bridgehead atoms. The lowest BCUT2D eigenvalue weighted by molar-refractivity contribution is 0.796. The van der Waals surface area contributed by atoms with Crippen LogP contribution in [0.3, 0.4) is 0 Å². The zero-order chi connectivity index (χ0) is 16.9. The molecule has 25 heavy (non-hydrogen) atoms. The fourth-order valence-electron chi connectivity index (χ4n) is 2.94. The maximum atomic E-state index is 4.08. The van der Waals surface area contributed by atoms with Crippen molar-refractivity contribution in [2.75, 3.05) is 0 Å². The van der Waals surface area contributed by atoms with E-state index in [1.54, 1.807) is 0 Å². The third kappa shape index (κ3) is 4.04. The van der Waals surface area contributed by atoms with Crippen molar-refractivity contribution < 1.29 is 0 Å². The number of hydrogen-bond donors (Lipinski definition) is 0. The first kappa shape index (κ1) is 15.4. The molecule has 124 valence electrons. The molecular weight excluding hydrogens is 308 g/mol. The van der Waals surface area contributed by atoms with Gasteiger partial charge in [-0.05, 0) is 28.7 Å². The summed E-state index contributed by atoms with van der Waals surface area (Å²) < 4.78 is 4.15. The van der Waals surface area contributed by atoms with Crippen molar-refractivity contribution in [2.45, 2.75) is 19.5 Å². The summed E-state index contributed by atoms with van der Waals surface area (Å²) in [4.78, 5) is 8.16. The molecule has 4 nitrogen and oxygen atoms in total.